The van der Waals surface area contributed by atoms with Crippen molar-refractivity contribution in [2.24, 2.45) is 12.2 Å². The van der Waals surface area contributed by atoms with E-state index < -0.39 is 41.3 Å². The van der Waals surface area contributed by atoms with E-state index in [4.69, 9.17) is 27.1 Å². The molecule has 19 heteroatoms. The molecule has 218 valence electrons. The van der Waals surface area contributed by atoms with Crippen LogP contribution in [0, 0.1) is 0 Å². The van der Waals surface area contributed by atoms with Crippen molar-refractivity contribution in [1.82, 2.24) is 20.2 Å². The fourth-order valence-electron chi connectivity index (χ4n) is 3.91. The van der Waals surface area contributed by atoms with Crippen LogP contribution in [-0.4, -0.2) is 83.6 Å². The lowest BCUT2D eigenvalue weighted by atomic mass is 10.0. The van der Waals surface area contributed by atoms with E-state index in [2.05, 4.69) is 20.4 Å². The molecule has 2 aliphatic rings. The number of oxime groups is 1. The van der Waals surface area contributed by atoms with Crippen molar-refractivity contribution in [3.8, 4) is 0 Å². The van der Waals surface area contributed by atoms with Crippen molar-refractivity contribution in [2.75, 3.05) is 28.7 Å². The molecule has 16 nitrogen and oxygen atoms in total. The SMILES string of the molecule is CC(CC(=O)O)ON=C(C(=O)N[C@@H]1C(=O)N2C(C(=O)O)=C(CSc3cc(N)nc(N)[n+]3C)CS[C@H]12)c1csc(N)n1. The Kier molecular flexibility index (Phi) is 8.88. The monoisotopic (exact) mass is 624 g/mol. The predicted octanol–water partition coefficient (Wildman–Crippen LogP) is -0.776. The van der Waals surface area contributed by atoms with Crippen LogP contribution < -0.4 is 27.1 Å². The number of carboxylic acid groups (broad SMARTS) is 2. The summed E-state index contributed by atoms with van der Waals surface area (Å²) in [6.45, 7) is 1.46. The van der Waals surface area contributed by atoms with Crippen LogP contribution in [0.1, 0.15) is 19.0 Å². The van der Waals surface area contributed by atoms with Crippen molar-refractivity contribution < 1.29 is 38.8 Å². The fraction of sp³-hybridized carbons (Fsp3) is 0.364. The first-order valence-corrected chi connectivity index (χ1v) is 14.7. The van der Waals surface area contributed by atoms with Gasteiger partial charge in [0.25, 0.3) is 11.8 Å². The first-order chi connectivity index (χ1) is 19.4. The van der Waals surface area contributed by atoms with E-state index >= 15 is 0 Å². The molecular formula is C22H26N9O7S3+. The van der Waals surface area contributed by atoms with Gasteiger partial charge in [-0.15, -0.1) is 23.1 Å². The molecule has 0 aromatic carbocycles. The summed E-state index contributed by atoms with van der Waals surface area (Å²) in [6.07, 6.45) is -1.22. The number of nitrogens with two attached hydrogens (primary N) is 3. The second kappa shape index (κ2) is 12.2. The number of amides is 2. The molecular weight excluding hydrogens is 598 g/mol. The molecule has 0 aliphatic carbocycles. The van der Waals surface area contributed by atoms with Gasteiger partial charge in [-0.3, -0.25) is 25.0 Å². The molecule has 2 aromatic heterocycles. The number of aromatic nitrogens is 3. The summed E-state index contributed by atoms with van der Waals surface area (Å²) in [7, 11) is 1.70. The Morgan fingerprint density at radius 1 is 1.32 bits per heavy atom. The number of nitrogens with zero attached hydrogens (tertiary/aromatic N) is 5. The number of carboxylic acids is 2. The average Bonchev–Trinajstić information content (AvgIpc) is 3.33. The Hall–Kier alpha value is -4.10. The second-order valence-electron chi connectivity index (χ2n) is 8.87. The van der Waals surface area contributed by atoms with Gasteiger partial charge < -0.3 is 31.8 Å². The normalized spacial score (nSPS) is 19.3. The van der Waals surface area contributed by atoms with E-state index in [0.29, 0.717) is 10.6 Å². The molecule has 2 amide bonds. The quantitative estimate of drug-likeness (QED) is 0.0448. The highest BCUT2D eigenvalue weighted by molar-refractivity contribution is 8.01. The number of hydrogen-bond acceptors (Lipinski definition) is 14. The zero-order valence-corrected chi connectivity index (χ0v) is 24.1. The van der Waals surface area contributed by atoms with Crippen LogP contribution >= 0.6 is 34.9 Å². The number of carbonyl (C=O) groups excluding carboxylic acids is 2. The van der Waals surface area contributed by atoms with Crippen LogP contribution in [0.2, 0.25) is 0 Å². The van der Waals surface area contributed by atoms with Crippen molar-refractivity contribution in [2.45, 2.75) is 35.9 Å². The highest BCUT2D eigenvalue weighted by Crippen LogP contribution is 2.41. The smallest absolute Gasteiger partial charge is 0.392 e. The molecule has 2 aromatic rings. The number of carbonyl (C=O) groups is 4. The number of fused-ring (bicyclic) bond motifs is 1. The third-order valence-electron chi connectivity index (χ3n) is 5.89. The highest BCUT2D eigenvalue weighted by Gasteiger charge is 2.54. The lowest BCUT2D eigenvalue weighted by molar-refractivity contribution is -0.696. The summed E-state index contributed by atoms with van der Waals surface area (Å²) in [5.41, 5.74) is 17.4. The highest BCUT2D eigenvalue weighted by atomic mass is 32.2. The van der Waals surface area contributed by atoms with Crippen LogP contribution in [0.15, 0.2) is 32.9 Å². The van der Waals surface area contributed by atoms with Crippen molar-refractivity contribution in [1.29, 1.82) is 0 Å². The number of β-lactam (4-membered cyclic amide) rings is 1. The maximum atomic E-state index is 13.2. The van der Waals surface area contributed by atoms with Gasteiger partial charge in [0.2, 0.25) is 5.82 Å². The van der Waals surface area contributed by atoms with Gasteiger partial charge >= 0.3 is 17.9 Å². The van der Waals surface area contributed by atoms with Gasteiger partial charge in [0, 0.05) is 23.0 Å². The van der Waals surface area contributed by atoms with Crippen LogP contribution in [-0.2, 0) is 31.1 Å². The summed E-state index contributed by atoms with van der Waals surface area (Å²) in [4.78, 5) is 63.8. The topological polar surface area (TPSA) is 253 Å². The van der Waals surface area contributed by atoms with Crippen LogP contribution in [0.3, 0.4) is 0 Å². The van der Waals surface area contributed by atoms with E-state index in [1.807, 2.05) is 0 Å². The molecule has 1 fully saturated rings. The molecule has 4 rings (SSSR count). The predicted molar refractivity (Wildman–Crippen MR) is 151 cm³/mol. The molecule has 9 N–H and O–H groups in total. The van der Waals surface area contributed by atoms with Crippen LogP contribution in [0.25, 0.3) is 0 Å². The van der Waals surface area contributed by atoms with Gasteiger partial charge in [-0.05, 0) is 12.5 Å². The van der Waals surface area contributed by atoms with Crippen molar-refractivity contribution >= 4 is 81.2 Å². The van der Waals surface area contributed by atoms with Crippen molar-refractivity contribution in [3.63, 3.8) is 0 Å². The minimum atomic E-state index is -1.27. The number of thiazole rings is 1. The Morgan fingerprint density at radius 3 is 2.68 bits per heavy atom. The zero-order chi connectivity index (χ0) is 30.0. The Bertz CT molecular complexity index is 1480. The third kappa shape index (κ3) is 6.46. The van der Waals surface area contributed by atoms with Gasteiger partial charge in [-0.2, -0.15) is 0 Å². The first-order valence-electron chi connectivity index (χ1n) is 11.8. The minimum absolute atomic E-state index is 0.0726. The summed E-state index contributed by atoms with van der Waals surface area (Å²) >= 11 is 3.64. The minimum Gasteiger partial charge on any atom is -0.481 e. The van der Waals surface area contributed by atoms with E-state index in [0.717, 1.165) is 16.2 Å². The maximum Gasteiger partial charge on any atom is 0.392 e. The zero-order valence-electron chi connectivity index (χ0n) is 21.6. The first kappa shape index (κ1) is 29.9. The second-order valence-corrected chi connectivity index (χ2v) is 11.9. The molecule has 4 heterocycles. The van der Waals surface area contributed by atoms with Gasteiger partial charge in [0.1, 0.15) is 33.9 Å². The van der Waals surface area contributed by atoms with Gasteiger partial charge in [0.15, 0.2) is 10.8 Å². The summed E-state index contributed by atoms with van der Waals surface area (Å²) in [5.74, 6) is -2.89. The lowest BCUT2D eigenvalue weighted by Crippen LogP contribution is -2.71. The third-order valence-corrected chi connectivity index (χ3v) is 9.08. The summed E-state index contributed by atoms with van der Waals surface area (Å²) in [6, 6.07) is 0.564. The molecule has 2 aliphatic heterocycles. The van der Waals surface area contributed by atoms with Crippen LogP contribution in [0.4, 0.5) is 16.9 Å². The fourth-order valence-corrected chi connectivity index (χ4v) is 6.98. The van der Waals surface area contributed by atoms with E-state index in [-0.39, 0.29) is 51.9 Å². The Labute approximate surface area is 245 Å². The number of thioether (sulfide) groups is 2. The van der Waals surface area contributed by atoms with Crippen LogP contribution in [0.5, 0.6) is 0 Å². The standard InChI is InChI=1S/C22H25N9O7S3/c1-8(3-13(32)33)38-29-14(10-7-41-22(25)26-10)17(34)28-15-18(35)31-16(20(36)37)9(6-40-19(15)31)5-39-12-4-11(23)27-21(24)30(12)2/h4,7-8,15,19H,3,5-6H2,1-2H3,(H8,23,24,25,26,27,28,32,33,34,36,37)/p+1/t8?,15-,19-/m1/s1. The van der Waals surface area contributed by atoms with Gasteiger partial charge in [-0.1, -0.05) is 21.9 Å². The number of rotatable bonds is 11. The van der Waals surface area contributed by atoms with Gasteiger partial charge in [0.05, 0.1) is 13.5 Å². The molecule has 41 heavy (non-hydrogen) atoms. The molecule has 1 unspecified atom stereocenters. The molecule has 0 radical (unpaired) electrons. The average molecular weight is 625 g/mol. The Morgan fingerprint density at radius 2 is 2.05 bits per heavy atom. The van der Waals surface area contributed by atoms with E-state index in [1.54, 1.807) is 17.7 Å². The van der Waals surface area contributed by atoms with E-state index in [1.165, 1.54) is 35.8 Å². The summed E-state index contributed by atoms with van der Waals surface area (Å²) in [5, 5.41) is 26.9. The van der Waals surface area contributed by atoms with Crippen molar-refractivity contribution in [3.05, 3.63) is 28.4 Å². The largest absolute Gasteiger partial charge is 0.481 e. The lowest BCUT2D eigenvalue weighted by Gasteiger charge is -2.49. The molecule has 0 bridgehead atoms. The molecule has 1 saturated heterocycles. The number of hydrogen-bond donors (Lipinski definition) is 6. The Balaban J connectivity index is 1.51. The number of anilines is 3. The number of nitrogen functional groups attached to an aromatic ring is 3. The number of aliphatic carboxylic acids is 2. The van der Waals surface area contributed by atoms with Gasteiger partial charge in [-0.25, -0.2) is 14.3 Å². The maximum absolute atomic E-state index is 13.2. The molecule has 3 atom stereocenters. The summed E-state index contributed by atoms with van der Waals surface area (Å²) < 4.78 is 1.61. The molecule has 0 saturated carbocycles. The molecule has 0 spiro atoms. The van der Waals surface area contributed by atoms with E-state index in [9.17, 15) is 24.3 Å². The number of nitrogens with one attached hydrogen (secondary N) is 1.